The topological polar surface area (TPSA) is 101 Å². The van der Waals surface area contributed by atoms with E-state index in [1.165, 1.54) is 0 Å². The molecule has 0 aliphatic heterocycles. The highest BCUT2D eigenvalue weighted by Gasteiger charge is 2.36. The zero-order valence-corrected chi connectivity index (χ0v) is 9.66. The normalized spacial score (nSPS) is 18.7. The number of likely N-dealkylation sites (N-methyl/N-ethyl adjacent to an activating group) is 1. The van der Waals surface area contributed by atoms with Crippen LogP contribution in [0.3, 0.4) is 0 Å². The first-order valence-electron chi connectivity index (χ1n) is 5.51. The van der Waals surface area contributed by atoms with E-state index in [1.807, 2.05) is 11.9 Å². The van der Waals surface area contributed by atoms with Crippen LogP contribution in [0.2, 0.25) is 0 Å². The van der Waals surface area contributed by atoms with Gasteiger partial charge in [0.2, 0.25) is 5.91 Å². The first kappa shape index (κ1) is 12.9. The van der Waals surface area contributed by atoms with Crippen LogP contribution in [0.5, 0.6) is 0 Å². The Bertz CT molecular complexity index is 274. The third-order valence-corrected chi connectivity index (χ3v) is 3.37. The minimum atomic E-state index is -0.813. The van der Waals surface area contributed by atoms with Crippen LogP contribution < -0.4 is 16.8 Å². The molecule has 0 saturated heterocycles. The van der Waals surface area contributed by atoms with Gasteiger partial charge in [-0.05, 0) is 19.9 Å². The van der Waals surface area contributed by atoms with Crippen molar-refractivity contribution in [3.63, 3.8) is 0 Å². The molecule has 0 aromatic rings. The van der Waals surface area contributed by atoms with Gasteiger partial charge >= 0.3 is 6.03 Å². The number of nitrogens with one attached hydrogen (secondary N) is 1. The number of urea groups is 1. The fraction of sp³-hybridized carbons (Fsp3) is 0.800. The van der Waals surface area contributed by atoms with Gasteiger partial charge in [0.15, 0.2) is 0 Å². The summed E-state index contributed by atoms with van der Waals surface area (Å²) in [5, 5.41) is 2.06. The van der Waals surface area contributed by atoms with E-state index in [0.717, 1.165) is 25.7 Å². The number of rotatable bonds is 4. The van der Waals surface area contributed by atoms with Crippen molar-refractivity contribution in [1.82, 2.24) is 10.2 Å². The Morgan fingerprint density at radius 2 is 1.94 bits per heavy atom. The van der Waals surface area contributed by atoms with Crippen LogP contribution in [0.4, 0.5) is 4.79 Å². The second-order valence-corrected chi connectivity index (χ2v) is 4.40. The van der Waals surface area contributed by atoms with Gasteiger partial charge in [-0.3, -0.25) is 15.0 Å². The number of carbonyl (C=O) groups is 2. The molecule has 16 heavy (non-hydrogen) atoms. The summed E-state index contributed by atoms with van der Waals surface area (Å²) in [6.45, 7) is 0.688. The number of nitrogens with two attached hydrogens (primary N) is 2. The summed E-state index contributed by atoms with van der Waals surface area (Å²) in [7, 11) is 1.86. The van der Waals surface area contributed by atoms with E-state index in [9.17, 15) is 9.59 Å². The van der Waals surface area contributed by atoms with Crippen LogP contribution in [0.25, 0.3) is 0 Å². The predicted octanol–water partition coefficient (Wildman–Crippen LogP) is -0.615. The molecule has 0 spiro atoms. The van der Waals surface area contributed by atoms with E-state index in [0.29, 0.717) is 6.54 Å². The van der Waals surface area contributed by atoms with E-state index in [-0.39, 0.29) is 18.0 Å². The summed E-state index contributed by atoms with van der Waals surface area (Å²) in [5.74, 6) is -0.380. The van der Waals surface area contributed by atoms with Gasteiger partial charge in [-0.2, -0.15) is 0 Å². The molecule has 0 atom stereocenters. The Balaban J connectivity index is 2.52. The van der Waals surface area contributed by atoms with Crippen LogP contribution in [0, 0.1) is 0 Å². The maximum absolute atomic E-state index is 11.4. The number of nitrogens with zero attached hydrogens (tertiary/aromatic N) is 1. The van der Waals surface area contributed by atoms with Crippen molar-refractivity contribution in [2.24, 2.45) is 11.5 Å². The lowest BCUT2D eigenvalue weighted by Crippen LogP contribution is -2.53. The quantitative estimate of drug-likeness (QED) is 0.597. The average molecular weight is 228 g/mol. The molecule has 0 radical (unpaired) electrons. The van der Waals surface area contributed by atoms with Crippen LogP contribution in [0.1, 0.15) is 25.7 Å². The highest BCUT2D eigenvalue weighted by atomic mass is 16.2. The summed E-state index contributed by atoms with van der Waals surface area (Å²) >= 11 is 0. The van der Waals surface area contributed by atoms with E-state index in [4.69, 9.17) is 11.5 Å². The lowest BCUT2D eigenvalue weighted by molar-refractivity contribution is -0.122. The molecule has 1 fully saturated rings. The van der Waals surface area contributed by atoms with Gasteiger partial charge in [0.25, 0.3) is 0 Å². The molecule has 1 aliphatic carbocycles. The molecule has 0 bridgehead atoms. The zero-order chi connectivity index (χ0) is 12.2. The first-order chi connectivity index (χ1) is 7.50. The summed E-state index contributed by atoms with van der Waals surface area (Å²) in [6.07, 6.45) is 4.28. The van der Waals surface area contributed by atoms with Crippen LogP contribution >= 0.6 is 0 Å². The molecule has 0 aromatic carbocycles. The second-order valence-electron chi connectivity index (χ2n) is 4.40. The third kappa shape index (κ3) is 2.93. The van der Waals surface area contributed by atoms with Crippen molar-refractivity contribution in [3.8, 4) is 0 Å². The molecular formula is C10H20N4O2. The molecule has 0 heterocycles. The average Bonchev–Trinajstić information content (AvgIpc) is 2.65. The largest absolute Gasteiger partial charge is 0.351 e. The van der Waals surface area contributed by atoms with Gasteiger partial charge in [0, 0.05) is 12.1 Å². The third-order valence-electron chi connectivity index (χ3n) is 3.37. The summed E-state index contributed by atoms with van der Waals surface area (Å²) in [5.41, 5.74) is 10.6. The number of hydrogen-bond acceptors (Lipinski definition) is 4. The Morgan fingerprint density at radius 1 is 1.38 bits per heavy atom. The Hall–Kier alpha value is -1.14. The lowest BCUT2D eigenvalue weighted by Gasteiger charge is -2.37. The van der Waals surface area contributed by atoms with E-state index in [2.05, 4.69) is 5.32 Å². The first-order valence-corrected chi connectivity index (χ1v) is 5.51. The maximum Gasteiger partial charge on any atom is 0.318 e. The predicted molar refractivity (Wildman–Crippen MR) is 60.6 cm³/mol. The number of hydrogen-bond donors (Lipinski definition) is 3. The van der Waals surface area contributed by atoms with E-state index < -0.39 is 6.03 Å². The molecule has 3 amide bonds. The van der Waals surface area contributed by atoms with Gasteiger partial charge in [-0.1, -0.05) is 12.8 Å². The minimum absolute atomic E-state index is 0.0883. The SMILES string of the molecule is CN(CC(=O)NC(N)=O)C1(CN)CCCC1. The molecule has 0 aromatic heterocycles. The Labute approximate surface area is 95.3 Å². The van der Waals surface area contributed by atoms with Gasteiger partial charge in [0.05, 0.1) is 6.54 Å². The molecule has 6 nitrogen and oxygen atoms in total. The number of imide groups is 1. The van der Waals surface area contributed by atoms with Crippen molar-refractivity contribution in [1.29, 1.82) is 0 Å². The molecule has 5 N–H and O–H groups in total. The van der Waals surface area contributed by atoms with Crippen molar-refractivity contribution >= 4 is 11.9 Å². The molecule has 1 saturated carbocycles. The van der Waals surface area contributed by atoms with Crippen molar-refractivity contribution in [2.45, 2.75) is 31.2 Å². The number of carbonyl (C=O) groups excluding carboxylic acids is 2. The molecule has 1 rings (SSSR count). The Morgan fingerprint density at radius 3 is 2.38 bits per heavy atom. The molecule has 92 valence electrons. The minimum Gasteiger partial charge on any atom is -0.351 e. The highest BCUT2D eigenvalue weighted by molar-refractivity contribution is 5.94. The summed E-state index contributed by atoms with van der Waals surface area (Å²) < 4.78 is 0. The van der Waals surface area contributed by atoms with Crippen molar-refractivity contribution in [2.75, 3.05) is 20.1 Å². The smallest absolute Gasteiger partial charge is 0.318 e. The van der Waals surface area contributed by atoms with Crippen LogP contribution in [-0.4, -0.2) is 42.5 Å². The monoisotopic (exact) mass is 228 g/mol. The van der Waals surface area contributed by atoms with Crippen molar-refractivity contribution < 1.29 is 9.59 Å². The van der Waals surface area contributed by atoms with E-state index in [1.54, 1.807) is 0 Å². The van der Waals surface area contributed by atoms with E-state index >= 15 is 0 Å². The highest BCUT2D eigenvalue weighted by Crippen LogP contribution is 2.33. The standard InChI is InChI=1S/C10H20N4O2/c1-14(6-8(15)13-9(12)16)10(7-11)4-2-3-5-10/h2-7,11H2,1H3,(H3,12,13,15,16). The second kappa shape index (κ2) is 5.27. The summed E-state index contributed by atoms with van der Waals surface area (Å²) in [4.78, 5) is 23.8. The van der Waals surface area contributed by atoms with Gasteiger partial charge < -0.3 is 11.5 Å². The van der Waals surface area contributed by atoms with Crippen LogP contribution in [0.15, 0.2) is 0 Å². The molecular weight excluding hydrogens is 208 g/mol. The number of amides is 3. The lowest BCUT2D eigenvalue weighted by atomic mass is 9.96. The molecule has 1 aliphatic rings. The summed E-state index contributed by atoms with van der Waals surface area (Å²) in [6, 6.07) is -0.813. The van der Waals surface area contributed by atoms with Gasteiger partial charge in [-0.25, -0.2) is 4.79 Å². The fourth-order valence-electron chi connectivity index (χ4n) is 2.33. The maximum atomic E-state index is 11.4. The molecule has 0 unspecified atom stereocenters. The van der Waals surface area contributed by atoms with Crippen LogP contribution in [-0.2, 0) is 4.79 Å². The Kier molecular flexibility index (Phi) is 4.26. The molecule has 6 heteroatoms. The fourth-order valence-corrected chi connectivity index (χ4v) is 2.33. The number of primary amides is 1. The van der Waals surface area contributed by atoms with Crippen molar-refractivity contribution in [3.05, 3.63) is 0 Å². The zero-order valence-electron chi connectivity index (χ0n) is 9.66. The van der Waals surface area contributed by atoms with Gasteiger partial charge in [0.1, 0.15) is 0 Å². The van der Waals surface area contributed by atoms with Gasteiger partial charge in [-0.15, -0.1) is 0 Å².